The Kier molecular flexibility index (Phi) is 3.55. The van der Waals surface area contributed by atoms with Crippen LogP contribution >= 0.6 is 15.9 Å². The molecular weight excluding hydrogens is 266 g/mol. The van der Waals surface area contributed by atoms with Gasteiger partial charge in [0, 0.05) is 10.2 Å². The number of hydrogen-bond donors (Lipinski definition) is 2. The molecule has 1 unspecified atom stereocenters. The fraction of sp³-hybridized carbons (Fsp3) is 0.538. The quantitative estimate of drug-likeness (QED) is 0.868. The molecule has 1 saturated carbocycles. The van der Waals surface area contributed by atoms with Crippen LogP contribution in [0.4, 0.5) is 5.69 Å². The lowest BCUT2D eigenvalue weighted by atomic mass is 9.90. The van der Waals surface area contributed by atoms with Crippen LogP contribution in [0.3, 0.4) is 0 Å². The molecule has 0 aromatic heterocycles. The Labute approximate surface area is 105 Å². The van der Waals surface area contributed by atoms with Crippen LogP contribution in [-0.2, 0) is 0 Å². The Morgan fingerprint density at radius 2 is 2.12 bits per heavy atom. The molecule has 0 aliphatic heterocycles. The SMILES string of the molecule is CCC(CO)(Nc1ccccc1Br)C1CC1. The van der Waals surface area contributed by atoms with Gasteiger partial charge in [0.05, 0.1) is 12.1 Å². The number of hydrogen-bond acceptors (Lipinski definition) is 2. The van der Waals surface area contributed by atoms with Gasteiger partial charge in [0.25, 0.3) is 0 Å². The molecule has 2 nitrogen and oxygen atoms in total. The second kappa shape index (κ2) is 4.76. The van der Waals surface area contributed by atoms with Crippen LogP contribution in [0.25, 0.3) is 0 Å². The molecule has 0 bridgehead atoms. The number of aliphatic hydroxyl groups excluding tert-OH is 1. The summed E-state index contributed by atoms with van der Waals surface area (Å²) >= 11 is 3.53. The standard InChI is InChI=1S/C13H18BrNO/c1-2-13(9-16,10-7-8-10)15-12-6-4-3-5-11(12)14/h3-6,10,15-16H,2,7-9H2,1H3. The number of anilines is 1. The lowest BCUT2D eigenvalue weighted by molar-refractivity contribution is 0.188. The van der Waals surface area contributed by atoms with E-state index in [1.807, 2.05) is 24.3 Å². The number of halogens is 1. The van der Waals surface area contributed by atoms with Crippen molar-refractivity contribution in [2.45, 2.75) is 31.7 Å². The summed E-state index contributed by atoms with van der Waals surface area (Å²) in [7, 11) is 0. The minimum absolute atomic E-state index is 0.135. The van der Waals surface area contributed by atoms with Gasteiger partial charge in [0.2, 0.25) is 0 Å². The van der Waals surface area contributed by atoms with E-state index in [0.29, 0.717) is 5.92 Å². The van der Waals surface area contributed by atoms with E-state index < -0.39 is 0 Å². The highest BCUT2D eigenvalue weighted by atomic mass is 79.9. The molecule has 0 spiro atoms. The number of nitrogens with one attached hydrogen (secondary N) is 1. The summed E-state index contributed by atoms with van der Waals surface area (Å²) in [5, 5.41) is 13.2. The fourth-order valence-electron chi connectivity index (χ4n) is 2.23. The molecule has 0 saturated heterocycles. The average Bonchev–Trinajstić information content (AvgIpc) is 3.13. The molecule has 1 fully saturated rings. The highest BCUT2D eigenvalue weighted by Crippen LogP contribution is 2.43. The van der Waals surface area contributed by atoms with Crippen molar-refractivity contribution < 1.29 is 5.11 Å². The third kappa shape index (κ3) is 2.25. The summed E-state index contributed by atoms with van der Waals surface area (Å²) in [6.45, 7) is 2.34. The molecule has 2 N–H and O–H groups in total. The highest BCUT2D eigenvalue weighted by Gasteiger charge is 2.43. The third-order valence-electron chi connectivity index (χ3n) is 3.53. The average molecular weight is 284 g/mol. The molecule has 88 valence electrons. The van der Waals surface area contributed by atoms with Crippen LogP contribution in [0.1, 0.15) is 26.2 Å². The molecule has 1 atom stereocenters. The topological polar surface area (TPSA) is 32.3 Å². The largest absolute Gasteiger partial charge is 0.394 e. The first kappa shape index (κ1) is 11.9. The zero-order valence-corrected chi connectivity index (χ0v) is 11.1. The monoisotopic (exact) mass is 283 g/mol. The number of benzene rings is 1. The first-order chi connectivity index (χ1) is 7.72. The van der Waals surface area contributed by atoms with Crippen molar-refractivity contribution in [3.05, 3.63) is 28.7 Å². The van der Waals surface area contributed by atoms with Crippen LogP contribution in [0.5, 0.6) is 0 Å². The summed E-state index contributed by atoms with van der Waals surface area (Å²) in [5.41, 5.74) is 0.939. The maximum atomic E-state index is 9.66. The predicted molar refractivity (Wildman–Crippen MR) is 70.6 cm³/mol. The molecule has 1 aliphatic rings. The van der Waals surface area contributed by atoms with E-state index in [-0.39, 0.29) is 12.1 Å². The molecule has 3 heteroatoms. The van der Waals surface area contributed by atoms with Gasteiger partial charge in [-0.25, -0.2) is 0 Å². The Morgan fingerprint density at radius 1 is 1.44 bits per heavy atom. The van der Waals surface area contributed by atoms with Gasteiger partial charge < -0.3 is 10.4 Å². The Bertz CT molecular complexity index is 359. The maximum Gasteiger partial charge on any atom is 0.0664 e. The minimum Gasteiger partial charge on any atom is -0.394 e. The summed E-state index contributed by atoms with van der Waals surface area (Å²) in [5.74, 6) is 0.620. The van der Waals surface area contributed by atoms with Crippen molar-refractivity contribution in [1.29, 1.82) is 0 Å². The second-order valence-electron chi connectivity index (χ2n) is 4.55. The first-order valence-corrected chi connectivity index (χ1v) is 6.64. The van der Waals surface area contributed by atoms with Crippen LogP contribution in [0.15, 0.2) is 28.7 Å². The summed E-state index contributed by atoms with van der Waals surface area (Å²) in [6.07, 6.45) is 3.41. The fourth-order valence-corrected chi connectivity index (χ4v) is 2.61. The van der Waals surface area contributed by atoms with Gasteiger partial charge in [-0.1, -0.05) is 19.1 Å². The van der Waals surface area contributed by atoms with Gasteiger partial charge in [-0.15, -0.1) is 0 Å². The number of para-hydroxylation sites is 1. The van der Waals surface area contributed by atoms with E-state index in [9.17, 15) is 5.11 Å². The van der Waals surface area contributed by atoms with Crippen molar-refractivity contribution in [2.75, 3.05) is 11.9 Å². The van der Waals surface area contributed by atoms with E-state index in [1.54, 1.807) is 0 Å². The molecular formula is C13H18BrNO. The van der Waals surface area contributed by atoms with E-state index in [0.717, 1.165) is 16.6 Å². The first-order valence-electron chi connectivity index (χ1n) is 5.85. The third-order valence-corrected chi connectivity index (χ3v) is 4.22. The lowest BCUT2D eigenvalue weighted by Gasteiger charge is -2.33. The molecule has 0 heterocycles. The zero-order chi connectivity index (χ0) is 11.6. The Balaban J connectivity index is 2.20. The van der Waals surface area contributed by atoms with Crippen molar-refractivity contribution >= 4 is 21.6 Å². The smallest absolute Gasteiger partial charge is 0.0664 e. The molecule has 1 aromatic rings. The molecule has 0 radical (unpaired) electrons. The lowest BCUT2D eigenvalue weighted by Crippen LogP contribution is -2.44. The minimum atomic E-state index is -0.135. The summed E-state index contributed by atoms with van der Waals surface area (Å²) in [6, 6.07) is 8.08. The molecule has 0 amide bonds. The van der Waals surface area contributed by atoms with Crippen molar-refractivity contribution in [2.24, 2.45) is 5.92 Å². The van der Waals surface area contributed by atoms with E-state index in [4.69, 9.17) is 0 Å². The van der Waals surface area contributed by atoms with Gasteiger partial charge in [-0.05, 0) is 53.2 Å². The van der Waals surface area contributed by atoms with Crippen molar-refractivity contribution in [3.63, 3.8) is 0 Å². The molecule has 1 aliphatic carbocycles. The Morgan fingerprint density at radius 3 is 2.62 bits per heavy atom. The summed E-state index contributed by atoms with van der Waals surface area (Å²) in [4.78, 5) is 0. The van der Waals surface area contributed by atoms with Crippen molar-refractivity contribution in [3.8, 4) is 0 Å². The highest BCUT2D eigenvalue weighted by molar-refractivity contribution is 9.10. The van der Waals surface area contributed by atoms with Gasteiger partial charge in [0.1, 0.15) is 0 Å². The normalized spacial score (nSPS) is 19.2. The summed E-state index contributed by atoms with van der Waals surface area (Å²) < 4.78 is 1.06. The number of aliphatic hydroxyl groups is 1. The van der Waals surface area contributed by atoms with Gasteiger partial charge in [-0.2, -0.15) is 0 Å². The van der Waals surface area contributed by atoms with Crippen LogP contribution in [-0.4, -0.2) is 17.3 Å². The molecule has 2 rings (SSSR count). The van der Waals surface area contributed by atoms with Crippen molar-refractivity contribution in [1.82, 2.24) is 0 Å². The second-order valence-corrected chi connectivity index (χ2v) is 5.40. The van der Waals surface area contributed by atoms with Gasteiger partial charge in [0.15, 0.2) is 0 Å². The van der Waals surface area contributed by atoms with Crippen LogP contribution in [0.2, 0.25) is 0 Å². The van der Waals surface area contributed by atoms with E-state index in [1.165, 1.54) is 12.8 Å². The van der Waals surface area contributed by atoms with Crippen LogP contribution in [0, 0.1) is 5.92 Å². The molecule has 16 heavy (non-hydrogen) atoms. The number of rotatable bonds is 5. The molecule has 1 aromatic carbocycles. The van der Waals surface area contributed by atoms with Gasteiger partial charge >= 0.3 is 0 Å². The van der Waals surface area contributed by atoms with Crippen LogP contribution < -0.4 is 5.32 Å². The Hall–Kier alpha value is -0.540. The zero-order valence-electron chi connectivity index (χ0n) is 9.54. The van der Waals surface area contributed by atoms with E-state index in [2.05, 4.69) is 28.2 Å². The predicted octanol–water partition coefficient (Wildman–Crippen LogP) is 3.41. The van der Waals surface area contributed by atoms with E-state index >= 15 is 0 Å². The maximum absolute atomic E-state index is 9.66. The van der Waals surface area contributed by atoms with Gasteiger partial charge in [-0.3, -0.25) is 0 Å².